The lowest BCUT2D eigenvalue weighted by molar-refractivity contribution is -0.118. The third kappa shape index (κ3) is 4.71. The molecule has 0 radical (unpaired) electrons. The Hall–Kier alpha value is -3.07. The highest BCUT2D eigenvalue weighted by Gasteiger charge is 2.09. The minimum absolute atomic E-state index is 0.261. The van der Waals surface area contributed by atoms with Crippen LogP contribution in [0.5, 0.6) is 11.5 Å². The molecule has 0 unspecified atom stereocenters. The lowest BCUT2D eigenvalue weighted by atomic mass is 10.2. The van der Waals surface area contributed by atoms with Crippen molar-refractivity contribution in [3.63, 3.8) is 0 Å². The number of halogens is 1. The van der Waals surface area contributed by atoms with Crippen LogP contribution in [-0.4, -0.2) is 19.1 Å². The van der Waals surface area contributed by atoms with Gasteiger partial charge >= 0.3 is 0 Å². The number of nitrogens with zero attached hydrogens (tertiary/aromatic N) is 1. The fourth-order valence-corrected chi connectivity index (χ4v) is 1.87. The van der Waals surface area contributed by atoms with Gasteiger partial charge in [-0.3, -0.25) is 4.79 Å². The van der Waals surface area contributed by atoms with Crippen LogP contribution in [-0.2, 0) is 4.79 Å². The molecule has 0 bridgehead atoms. The fourth-order valence-electron chi connectivity index (χ4n) is 1.87. The number of hydrogen-bond donors (Lipinski definition) is 1. The summed E-state index contributed by atoms with van der Waals surface area (Å²) in [4.78, 5) is 11.8. The average Bonchev–Trinajstić information content (AvgIpc) is 2.54. The molecular weight excluding hydrogens is 299 g/mol. The van der Waals surface area contributed by atoms with E-state index in [1.807, 2.05) is 6.07 Å². The van der Waals surface area contributed by atoms with E-state index in [1.54, 1.807) is 31.2 Å². The number of benzene rings is 2. The molecule has 5 nitrogen and oxygen atoms in total. The summed E-state index contributed by atoms with van der Waals surface area (Å²) < 4.78 is 23.9. The Labute approximate surface area is 133 Å². The van der Waals surface area contributed by atoms with Crippen LogP contribution in [0.3, 0.4) is 0 Å². The molecule has 2 aromatic carbocycles. The first-order chi connectivity index (χ1) is 11.1. The highest BCUT2D eigenvalue weighted by atomic mass is 19.1. The van der Waals surface area contributed by atoms with Gasteiger partial charge in [0, 0.05) is 11.8 Å². The molecule has 0 spiro atoms. The topological polar surface area (TPSA) is 71.3 Å². The quantitative estimate of drug-likeness (QED) is 0.889. The predicted molar refractivity (Wildman–Crippen MR) is 82.9 cm³/mol. The minimum Gasteiger partial charge on any atom is -0.490 e. The van der Waals surface area contributed by atoms with E-state index in [2.05, 4.69) is 5.32 Å². The summed E-state index contributed by atoms with van der Waals surface area (Å²) in [5, 5.41) is 11.4. The van der Waals surface area contributed by atoms with Gasteiger partial charge in [0.2, 0.25) is 0 Å². The molecule has 0 aliphatic carbocycles. The summed E-state index contributed by atoms with van der Waals surface area (Å²) >= 11 is 0. The fraction of sp³-hybridized carbons (Fsp3) is 0.176. The zero-order valence-electron chi connectivity index (χ0n) is 12.5. The van der Waals surface area contributed by atoms with Gasteiger partial charge in [-0.05, 0) is 37.3 Å². The van der Waals surface area contributed by atoms with Crippen molar-refractivity contribution in [2.75, 3.05) is 18.5 Å². The molecule has 1 amide bonds. The van der Waals surface area contributed by atoms with Crippen LogP contribution in [0.4, 0.5) is 10.1 Å². The molecule has 1 N–H and O–H groups in total. The highest BCUT2D eigenvalue weighted by molar-refractivity contribution is 5.91. The normalized spacial score (nSPS) is 9.78. The molecule has 0 aliphatic rings. The summed E-state index contributed by atoms with van der Waals surface area (Å²) in [6.45, 7) is 1.95. The zero-order chi connectivity index (χ0) is 16.7. The molecule has 2 rings (SSSR count). The number of hydrogen-bond acceptors (Lipinski definition) is 4. The van der Waals surface area contributed by atoms with E-state index in [4.69, 9.17) is 14.7 Å². The van der Waals surface area contributed by atoms with Crippen LogP contribution in [0.1, 0.15) is 12.5 Å². The number of anilines is 1. The second kappa shape index (κ2) is 7.80. The van der Waals surface area contributed by atoms with Crippen LogP contribution in [0.25, 0.3) is 0 Å². The van der Waals surface area contributed by atoms with E-state index in [0.29, 0.717) is 29.4 Å². The number of carbonyl (C=O) groups is 1. The molecule has 0 atom stereocenters. The predicted octanol–water partition coefficient (Wildman–Crippen LogP) is 3.11. The Bertz CT molecular complexity index is 741. The second-order valence-electron chi connectivity index (χ2n) is 4.55. The Morgan fingerprint density at radius 2 is 2.04 bits per heavy atom. The van der Waals surface area contributed by atoms with Gasteiger partial charge in [0.15, 0.2) is 18.1 Å². The molecule has 0 heterocycles. The van der Waals surface area contributed by atoms with E-state index in [-0.39, 0.29) is 6.61 Å². The highest BCUT2D eigenvalue weighted by Crippen LogP contribution is 2.28. The maximum absolute atomic E-state index is 13.1. The number of nitrogens with one attached hydrogen (secondary N) is 1. The lowest BCUT2D eigenvalue weighted by Gasteiger charge is -2.12. The first-order valence-electron chi connectivity index (χ1n) is 6.97. The number of rotatable bonds is 6. The van der Waals surface area contributed by atoms with Gasteiger partial charge in [0.05, 0.1) is 18.2 Å². The summed E-state index contributed by atoms with van der Waals surface area (Å²) in [5.74, 6) is -0.109. The number of carbonyl (C=O) groups excluding carboxylic acids is 1. The standard InChI is InChI=1S/C17H15FN2O3/c1-2-22-16-8-12(10-19)6-7-15(16)23-11-17(21)20-14-5-3-4-13(18)9-14/h3-9H,2,11H2,1H3,(H,20,21). The Morgan fingerprint density at radius 3 is 2.74 bits per heavy atom. The van der Waals surface area contributed by atoms with Crippen LogP contribution in [0.15, 0.2) is 42.5 Å². The molecule has 2 aromatic rings. The van der Waals surface area contributed by atoms with E-state index in [9.17, 15) is 9.18 Å². The molecule has 6 heteroatoms. The van der Waals surface area contributed by atoms with Crippen molar-refractivity contribution < 1.29 is 18.7 Å². The maximum Gasteiger partial charge on any atom is 0.262 e. The van der Waals surface area contributed by atoms with Gasteiger partial charge in [0.25, 0.3) is 5.91 Å². The van der Waals surface area contributed by atoms with Crippen LogP contribution in [0.2, 0.25) is 0 Å². The molecule has 23 heavy (non-hydrogen) atoms. The Balaban J connectivity index is 2.00. The van der Waals surface area contributed by atoms with Gasteiger partial charge in [-0.1, -0.05) is 6.07 Å². The molecule has 0 aliphatic heterocycles. The molecule has 0 saturated heterocycles. The summed E-state index contributed by atoms with van der Waals surface area (Å²) in [5.41, 5.74) is 0.786. The first-order valence-corrected chi connectivity index (χ1v) is 6.97. The minimum atomic E-state index is -0.436. The largest absolute Gasteiger partial charge is 0.490 e. The molecule has 0 saturated carbocycles. The maximum atomic E-state index is 13.1. The Kier molecular flexibility index (Phi) is 5.53. The molecule has 118 valence electrons. The first kappa shape index (κ1) is 16.3. The van der Waals surface area contributed by atoms with Crippen molar-refractivity contribution >= 4 is 11.6 Å². The van der Waals surface area contributed by atoms with Crippen molar-refractivity contribution in [2.24, 2.45) is 0 Å². The molecular formula is C17H15FN2O3. The van der Waals surface area contributed by atoms with Gasteiger partial charge in [-0.2, -0.15) is 5.26 Å². The van der Waals surface area contributed by atoms with E-state index < -0.39 is 11.7 Å². The van der Waals surface area contributed by atoms with E-state index in [1.165, 1.54) is 18.2 Å². The summed E-state index contributed by atoms with van der Waals surface area (Å²) in [6, 6.07) is 12.3. The SMILES string of the molecule is CCOc1cc(C#N)ccc1OCC(=O)Nc1cccc(F)c1. The van der Waals surface area contributed by atoms with Crippen molar-refractivity contribution in [1.82, 2.24) is 0 Å². The average molecular weight is 314 g/mol. The Morgan fingerprint density at radius 1 is 1.22 bits per heavy atom. The van der Waals surface area contributed by atoms with Crippen LogP contribution in [0, 0.1) is 17.1 Å². The van der Waals surface area contributed by atoms with Gasteiger partial charge in [0.1, 0.15) is 5.82 Å². The monoisotopic (exact) mass is 314 g/mol. The third-order valence-corrected chi connectivity index (χ3v) is 2.84. The zero-order valence-corrected chi connectivity index (χ0v) is 12.5. The van der Waals surface area contributed by atoms with Gasteiger partial charge in [-0.15, -0.1) is 0 Å². The van der Waals surface area contributed by atoms with Crippen molar-refractivity contribution in [3.05, 3.63) is 53.8 Å². The van der Waals surface area contributed by atoms with Crippen LogP contribution >= 0.6 is 0 Å². The van der Waals surface area contributed by atoms with E-state index in [0.717, 1.165) is 0 Å². The molecule has 0 fully saturated rings. The lowest BCUT2D eigenvalue weighted by Crippen LogP contribution is -2.20. The summed E-state index contributed by atoms with van der Waals surface area (Å²) in [7, 11) is 0. The summed E-state index contributed by atoms with van der Waals surface area (Å²) in [6.07, 6.45) is 0. The number of amides is 1. The third-order valence-electron chi connectivity index (χ3n) is 2.84. The van der Waals surface area contributed by atoms with Gasteiger partial charge < -0.3 is 14.8 Å². The number of ether oxygens (including phenoxy) is 2. The number of nitriles is 1. The molecule has 0 aromatic heterocycles. The van der Waals surface area contributed by atoms with Gasteiger partial charge in [-0.25, -0.2) is 4.39 Å². The van der Waals surface area contributed by atoms with Crippen molar-refractivity contribution in [2.45, 2.75) is 6.92 Å². The van der Waals surface area contributed by atoms with E-state index >= 15 is 0 Å². The second-order valence-corrected chi connectivity index (χ2v) is 4.55. The van der Waals surface area contributed by atoms with Crippen molar-refractivity contribution in [1.29, 1.82) is 5.26 Å². The smallest absolute Gasteiger partial charge is 0.262 e. The van der Waals surface area contributed by atoms with Crippen LogP contribution < -0.4 is 14.8 Å². The van der Waals surface area contributed by atoms with Crippen molar-refractivity contribution in [3.8, 4) is 17.6 Å².